The maximum atomic E-state index is 10.7. The molecule has 1 aromatic rings. The summed E-state index contributed by atoms with van der Waals surface area (Å²) in [5.41, 5.74) is 5.92. The molecule has 18 heavy (non-hydrogen) atoms. The summed E-state index contributed by atoms with van der Waals surface area (Å²) in [5, 5.41) is 8.46. The molecule has 0 aromatic heterocycles. The number of nitriles is 1. The number of rotatable bonds is 5. The summed E-state index contributed by atoms with van der Waals surface area (Å²) in [4.78, 5) is 10.7. The third kappa shape index (κ3) is 4.58. The van der Waals surface area contributed by atoms with E-state index in [-0.39, 0.29) is 0 Å². The predicted molar refractivity (Wildman–Crippen MR) is 65.9 cm³/mol. The van der Waals surface area contributed by atoms with Gasteiger partial charge >= 0.3 is 6.09 Å². The van der Waals surface area contributed by atoms with Gasteiger partial charge in [-0.3, -0.25) is 0 Å². The van der Waals surface area contributed by atoms with E-state index in [0.29, 0.717) is 6.42 Å². The molecule has 0 saturated heterocycles. The number of allylic oxidation sites excluding steroid dienone is 1. The number of hydrogen-bond donors (Lipinski definition) is 1. The number of ether oxygens (including phenoxy) is 2. The zero-order chi connectivity index (χ0) is 13.4. The van der Waals surface area contributed by atoms with Gasteiger partial charge in [0.05, 0.1) is 13.2 Å². The molecular formula is C13H14N2O3. The van der Waals surface area contributed by atoms with E-state index in [9.17, 15) is 4.79 Å². The first-order valence-corrected chi connectivity index (χ1v) is 5.31. The highest BCUT2D eigenvalue weighted by Crippen LogP contribution is 2.14. The lowest BCUT2D eigenvalue weighted by atomic mass is 10.1. The third-order valence-electron chi connectivity index (χ3n) is 2.25. The summed E-state index contributed by atoms with van der Waals surface area (Å²) in [6, 6.07) is 9.18. The largest absolute Gasteiger partial charge is 0.497 e. The molecule has 94 valence electrons. The minimum atomic E-state index is -0.865. The number of carbonyl (C=O) groups is 1. The van der Waals surface area contributed by atoms with Crippen LogP contribution in [0.1, 0.15) is 5.56 Å². The second-order valence-corrected chi connectivity index (χ2v) is 3.52. The maximum absolute atomic E-state index is 10.7. The van der Waals surface area contributed by atoms with Crippen molar-refractivity contribution in [1.29, 1.82) is 5.26 Å². The Labute approximate surface area is 105 Å². The maximum Gasteiger partial charge on any atom is 0.405 e. The van der Waals surface area contributed by atoms with Crippen LogP contribution in [0.25, 0.3) is 0 Å². The normalized spacial score (nSPS) is 11.8. The lowest BCUT2D eigenvalue weighted by Crippen LogP contribution is -2.23. The van der Waals surface area contributed by atoms with E-state index in [0.717, 1.165) is 11.3 Å². The summed E-state index contributed by atoms with van der Waals surface area (Å²) in [7, 11) is 1.59. The minimum Gasteiger partial charge on any atom is -0.497 e. The van der Waals surface area contributed by atoms with Gasteiger partial charge in [-0.2, -0.15) is 5.26 Å². The fourth-order valence-corrected chi connectivity index (χ4v) is 1.44. The number of carbonyl (C=O) groups excluding carboxylic acids is 1. The molecule has 1 atom stereocenters. The van der Waals surface area contributed by atoms with E-state index in [2.05, 4.69) is 0 Å². The molecule has 5 nitrogen and oxygen atoms in total. The van der Waals surface area contributed by atoms with Gasteiger partial charge in [0.2, 0.25) is 0 Å². The number of amides is 1. The SMILES string of the molecule is COc1ccc(CC(/C=C/C#N)OC(N)=O)cc1. The van der Waals surface area contributed by atoms with Gasteiger partial charge in [-0.1, -0.05) is 12.1 Å². The quantitative estimate of drug-likeness (QED) is 0.802. The lowest BCUT2D eigenvalue weighted by molar-refractivity contribution is 0.129. The van der Waals surface area contributed by atoms with Crippen molar-refractivity contribution < 1.29 is 14.3 Å². The first-order chi connectivity index (χ1) is 8.65. The fraction of sp³-hybridized carbons (Fsp3) is 0.231. The molecule has 0 saturated carbocycles. The van der Waals surface area contributed by atoms with Gasteiger partial charge in [0.1, 0.15) is 11.9 Å². The van der Waals surface area contributed by atoms with Gasteiger partial charge in [0, 0.05) is 12.5 Å². The summed E-state index contributed by atoms with van der Waals surface area (Å²) in [5.74, 6) is 0.749. The molecule has 0 aliphatic carbocycles. The average molecular weight is 246 g/mol. The van der Waals surface area contributed by atoms with Crippen molar-refractivity contribution in [2.24, 2.45) is 5.73 Å². The van der Waals surface area contributed by atoms with E-state index in [4.69, 9.17) is 20.5 Å². The monoisotopic (exact) mass is 246 g/mol. The number of hydrogen-bond acceptors (Lipinski definition) is 4. The number of benzene rings is 1. The van der Waals surface area contributed by atoms with Crippen LogP contribution in [-0.2, 0) is 11.2 Å². The van der Waals surface area contributed by atoms with Crippen molar-refractivity contribution in [1.82, 2.24) is 0 Å². The number of methoxy groups -OCH3 is 1. The van der Waals surface area contributed by atoms with Crippen molar-refractivity contribution in [2.75, 3.05) is 7.11 Å². The van der Waals surface area contributed by atoms with Crippen LogP contribution in [0.4, 0.5) is 4.79 Å². The molecule has 1 amide bonds. The zero-order valence-corrected chi connectivity index (χ0v) is 10.00. The Kier molecular flexibility index (Phi) is 5.26. The van der Waals surface area contributed by atoms with E-state index < -0.39 is 12.2 Å². The number of nitrogens with two attached hydrogens (primary N) is 1. The first kappa shape index (κ1) is 13.6. The van der Waals surface area contributed by atoms with Crippen molar-refractivity contribution in [3.05, 3.63) is 42.0 Å². The standard InChI is InChI=1S/C13H14N2O3/c1-17-11-6-4-10(5-7-11)9-12(3-2-8-14)18-13(15)16/h2-7,12H,9H2,1H3,(H2,15,16)/b3-2+. The van der Waals surface area contributed by atoms with Crippen LogP contribution in [0.5, 0.6) is 5.75 Å². The Hall–Kier alpha value is -2.48. The highest BCUT2D eigenvalue weighted by Gasteiger charge is 2.10. The number of nitrogens with zero attached hydrogens (tertiary/aromatic N) is 1. The highest BCUT2D eigenvalue weighted by atomic mass is 16.6. The Balaban J connectivity index is 2.72. The molecule has 0 radical (unpaired) electrons. The molecule has 0 spiro atoms. The lowest BCUT2D eigenvalue weighted by Gasteiger charge is -2.12. The fourth-order valence-electron chi connectivity index (χ4n) is 1.44. The summed E-state index contributed by atoms with van der Waals surface area (Å²) >= 11 is 0. The second kappa shape index (κ2) is 6.97. The highest BCUT2D eigenvalue weighted by molar-refractivity contribution is 5.65. The van der Waals surface area contributed by atoms with Crippen LogP contribution in [-0.4, -0.2) is 19.3 Å². The molecule has 0 heterocycles. The Bertz CT molecular complexity index is 460. The Morgan fingerprint density at radius 1 is 1.50 bits per heavy atom. The molecular weight excluding hydrogens is 232 g/mol. The summed E-state index contributed by atoms with van der Waals surface area (Å²) in [6.45, 7) is 0. The summed E-state index contributed by atoms with van der Waals surface area (Å²) < 4.78 is 9.92. The van der Waals surface area contributed by atoms with Gasteiger partial charge in [-0.15, -0.1) is 0 Å². The zero-order valence-electron chi connectivity index (χ0n) is 10.00. The van der Waals surface area contributed by atoms with Crippen LogP contribution < -0.4 is 10.5 Å². The molecule has 1 unspecified atom stereocenters. The van der Waals surface area contributed by atoms with Crippen molar-refractivity contribution in [2.45, 2.75) is 12.5 Å². The molecule has 0 bridgehead atoms. The van der Waals surface area contributed by atoms with Gasteiger partial charge in [-0.25, -0.2) is 4.79 Å². The van der Waals surface area contributed by atoms with Crippen LogP contribution >= 0.6 is 0 Å². The number of primary amides is 1. The minimum absolute atomic E-state index is 0.450. The molecule has 1 rings (SSSR count). The van der Waals surface area contributed by atoms with Gasteiger partial charge < -0.3 is 15.2 Å². The van der Waals surface area contributed by atoms with Crippen LogP contribution in [0, 0.1) is 11.3 Å². The topological polar surface area (TPSA) is 85.3 Å². The van der Waals surface area contributed by atoms with Crippen LogP contribution in [0.15, 0.2) is 36.4 Å². The smallest absolute Gasteiger partial charge is 0.405 e. The second-order valence-electron chi connectivity index (χ2n) is 3.52. The third-order valence-corrected chi connectivity index (χ3v) is 2.25. The average Bonchev–Trinajstić information content (AvgIpc) is 2.36. The summed E-state index contributed by atoms with van der Waals surface area (Å²) in [6.07, 6.45) is 1.80. The van der Waals surface area contributed by atoms with E-state index in [1.54, 1.807) is 7.11 Å². The van der Waals surface area contributed by atoms with E-state index >= 15 is 0 Å². The van der Waals surface area contributed by atoms with Gasteiger partial charge in [0.15, 0.2) is 0 Å². The van der Waals surface area contributed by atoms with Crippen molar-refractivity contribution in [3.8, 4) is 11.8 Å². The molecule has 2 N–H and O–H groups in total. The Morgan fingerprint density at radius 2 is 2.17 bits per heavy atom. The molecule has 0 fully saturated rings. The van der Waals surface area contributed by atoms with E-state index in [1.807, 2.05) is 30.3 Å². The van der Waals surface area contributed by atoms with Gasteiger partial charge in [-0.05, 0) is 23.8 Å². The Morgan fingerprint density at radius 3 is 2.67 bits per heavy atom. The van der Waals surface area contributed by atoms with Crippen LogP contribution in [0.2, 0.25) is 0 Å². The van der Waals surface area contributed by atoms with Crippen molar-refractivity contribution in [3.63, 3.8) is 0 Å². The molecule has 1 aromatic carbocycles. The first-order valence-electron chi connectivity index (χ1n) is 5.31. The predicted octanol–water partition coefficient (Wildman–Crippen LogP) is 1.78. The van der Waals surface area contributed by atoms with E-state index in [1.165, 1.54) is 12.2 Å². The van der Waals surface area contributed by atoms with Gasteiger partial charge in [0.25, 0.3) is 0 Å². The molecule has 5 heteroatoms. The molecule has 0 aliphatic heterocycles. The molecule has 0 aliphatic rings. The van der Waals surface area contributed by atoms with Crippen molar-refractivity contribution >= 4 is 6.09 Å². The van der Waals surface area contributed by atoms with Crippen LogP contribution in [0.3, 0.4) is 0 Å².